The van der Waals surface area contributed by atoms with Gasteiger partial charge in [-0.25, -0.2) is 4.39 Å². The molecule has 0 atom stereocenters. The Morgan fingerprint density at radius 1 is 1.38 bits per heavy atom. The highest BCUT2D eigenvalue weighted by molar-refractivity contribution is 7.99. The monoisotopic (exact) mass is 199 g/mol. The van der Waals surface area contributed by atoms with Crippen molar-refractivity contribution in [2.75, 3.05) is 19.3 Å². The van der Waals surface area contributed by atoms with Crippen LogP contribution in [0, 0.1) is 5.82 Å². The summed E-state index contributed by atoms with van der Waals surface area (Å²) in [6, 6.07) is 6.90. The molecule has 1 N–H and O–H groups in total. The maximum Gasteiger partial charge on any atom is 0.136 e. The highest BCUT2D eigenvalue weighted by Gasteiger charge is 1.99. The van der Waals surface area contributed by atoms with Crippen LogP contribution in [0.1, 0.15) is 6.42 Å². The Morgan fingerprint density at radius 2 is 2.15 bits per heavy atom. The molecule has 0 amide bonds. The van der Waals surface area contributed by atoms with E-state index < -0.39 is 0 Å². The zero-order chi connectivity index (χ0) is 9.52. The van der Waals surface area contributed by atoms with E-state index in [1.54, 1.807) is 17.8 Å². The van der Waals surface area contributed by atoms with Gasteiger partial charge in [0.05, 0.1) is 0 Å². The minimum Gasteiger partial charge on any atom is -0.320 e. The topological polar surface area (TPSA) is 12.0 Å². The predicted octanol–water partition coefficient (Wildman–Crippen LogP) is 2.53. The van der Waals surface area contributed by atoms with Gasteiger partial charge in [0.25, 0.3) is 0 Å². The first-order chi connectivity index (χ1) is 6.34. The summed E-state index contributed by atoms with van der Waals surface area (Å²) < 4.78 is 13.1. The van der Waals surface area contributed by atoms with E-state index in [1.165, 1.54) is 6.07 Å². The third kappa shape index (κ3) is 3.79. The molecule has 0 bridgehead atoms. The van der Waals surface area contributed by atoms with Crippen LogP contribution in [-0.2, 0) is 0 Å². The molecule has 13 heavy (non-hydrogen) atoms. The van der Waals surface area contributed by atoms with Crippen molar-refractivity contribution in [3.63, 3.8) is 0 Å². The summed E-state index contributed by atoms with van der Waals surface area (Å²) in [6.45, 7) is 0.988. The molecule has 0 spiro atoms. The molecule has 0 radical (unpaired) electrons. The summed E-state index contributed by atoms with van der Waals surface area (Å²) in [7, 11) is 1.92. The van der Waals surface area contributed by atoms with Gasteiger partial charge in [-0.3, -0.25) is 0 Å². The van der Waals surface area contributed by atoms with Gasteiger partial charge in [-0.15, -0.1) is 11.8 Å². The van der Waals surface area contributed by atoms with Gasteiger partial charge in [0.15, 0.2) is 0 Å². The first-order valence-corrected chi connectivity index (χ1v) is 5.35. The Labute approximate surface area is 82.7 Å². The molecular weight excluding hydrogens is 185 g/mol. The zero-order valence-electron chi connectivity index (χ0n) is 7.72. The molecule has 0 saturated carbocycles. The molecule has 0 fully saturated rings. The van der Waals surface area contributed by atoms with Crippen molar-refractivity contribution in [2.45, 2.75) is 11.3 Å². The van der Waals surface area contributed by atoms with Crippen LogP contribution in [0.15, 0.2) is 29.2 Å². The van der Waals surface area contributed by atoms with Gasteiger partial charge >= 0.3 is 0 Å². The Kier molecular flexibility index (Phi) is 4.86. The van der Waals surface area contributed by atoms with Crippen LogP contribution >= 0.6 is 11.8 Å². The Bertz CT molecular complexity index is 252. The number of rotatable bonds is 5. The lowest BCUT2D eigenvalue weighted by molar-refractivity contribution is 0.602. The van der Waals surface area contributed by atoms with Crippen LogP contribution in [0.25, 0.3) is 0 Å². The second-order valence-electron chi connectivity index (χ2n) is 2.74. The van der Waals surface area contributed by atoms with E-state index in [0.717, 1.165) is 23.6 Å². The summed E-state index contributed by atoms with van der Waals surface area (Å²) in [6.07, 6.45) is 1.06. The van der Waals surface area contributed by atoms with Crippen molar-refractivity contribution in [1.82, 2.24) is 5.32 Å². The third-order valence-corrected chi connectivity index (χ3v) is 2.80. The van der Waals surface area contributed by atoms with E-state index in [4.69, 9.17) is 0 Å². The van der Waals surface area contributed by atoms with E-state index in [-0.39, 0.29) is 5.82 Å². The summed E-state index contributed by atoms with van der Waals surface area (Å²) in [5, 5.41) is 3.06. The SMILES string of the molecule is CNCCCSc1ccccc1F. The largest absolute Gasteiger partial charge is 0.320 e. The maximum absolute atomic E-state index is 13.1. The lowest BCUT2D eigenvalue weighted by Gasteiger charge is -2.01. The third-order valence-electron chi connectivity index (χ3n) is 1.67. The second kappa shape index (κ2) is 6.00. The highest BCUT2D eigenvalue weighted by Crippen LogP contribution is 2.21. The molecule has 3 heteroatoms. The zero-order valence-corrected chi connectivity index (χ0v) is 8.53. The van der Waals surface area contributed by atoms with Crippen LogP contribution < -0.4 is 5.32 Å². The van der Waals surface area contributed by atoms with Crippen molar-refractivity contribution in [3.8, 4) is 0 Å². The van der Waals surface area contributed by atoms with E-state index in [0.29, 0.717) is 0 Å². The number of hydrogen-bond donors (Lipinski definition) is 1. The molecule has 1 nitrogen and oxygen atoms in total. The van der Waals surface area contributed by atoms with E-state index in [1.807, 2.05) is 19.2 Å². The number of benzene rings is 1. The molecule has 1 aromatic rings. The quantitative estimate of drug-likeness (QED) is 0.577. The number of hydrogen-bond acceptors (Lipinski definition) is 2. The molecule has 0 saturated heterocycles. The second-order valence-corrected chi connectivity index (χ2v) is 3.87. The van der Waals surface area contributed by atoms with Gasteiger partial charge in [0.1, 0.15) is 5.82 Å². The summed E-state index contributed by atoms with van der Waals surface area (Å²) in [5.41, 5.74) is 0. The van der Waals surface area contributed by atoms with Crippen LogP contribution in [0.4, 0.5) is 4.39 Å². The molecule has 0 aliphatic rings. The lowest BCUT2D eigenvalue weighted by atomic mass is 10.3. The fourth-order valence-corrected chi connectivity index (χ4v) is 1.88. The molecule has 0 heterocycles. The van der Waals surface area contributed by atoms with Crippen molar-refractivity contribution in [1.29, 1.82) is 0 Å². The van der Waals surface area contributed by atoms with Gasteiger partial charge in [-0.05, 0) is 37.9 Å². The van der Waals surface area contributed by atoms with Gasteiger partial charge in [-0.1, -0.05) is 12.1 Å². The van der Waals surface area contributed by atoms with Gasteiger partial charge in [0.2, 0.25) is 0 Å². The molecule has 1 aromatic carbocycles. The molecule has 72 valence electrons. The Balaban J connectivity index is 2.32. The minimum absolute atomic E-state index is 0.114. The fraction of sp³-hybridized carbons (Fsp3) is 0.400. The van der Waals surface area contributed by atoms with E-state index in [9.17, 15) is 4.39 Å². The number of thioether (sulfide) groups is 1. The normalized spacial score (nSPS) is 10.3. The average Bonchev–Trinajstić information content (AvgIpc) is 2.15. The summed E-state index contributed by atoms with van der Waals surface area (Å²) in [4.78, 5) is 0.749. The van der Waals surface area contributed by atoms with Crippen LogP contribution in [-0.4, -0.2) is 19.3 Å². The van der Waals surface area contributed by atoms with E-state index >= 15 is 0 Å². The van der Waals surface area contributed by atoms with Crippen LogP contribution in [0.3, 0.4) is 0 Å². The predicted molar refractivity (Wildman–Crippen MR) is 55.7 cm³/mol. The molecule has 0 unspecified atom stereocenters. The maximum atomic E-state index is 13.1. The van der Waals surface area contributed by atoms with Crippen molar-refractivity contribution in [3.05, 3.63) is 30.1 Å². The fourth-order valence-electron chi connectivity index (χ4n) is 0.993. The van der Waals surface area contributed by atoms with Gasteiger partial charge in [0, 0.05) is 4.90 Å². The van der Waals surface area contributed by atoms with Gasteiger partial charge < -0.3 is 5.32 Å². The minimum atomic E-state index is -0.114. The lowest BCUT2D eigenvalue weighted by Crippen LogP contribution is -2.08. The Morgan fingerprint density at radius 3 is 2.85 bits per heavy atom. The van der Waals surface area contributed by atoms with Crippen molar-refractivity contribution < 1.29 is 4.39 Å². The smallest absolute Gasteiger partial charge is 0.136 e. The van der Waals surface area contributed by atoms with Crippen LogP contribution in [0.2, 0.25) is 0 Å². The standard InChI is InChI=1S/C10H14FNS/c1-12-7-4-8-13-10-6-3-2-5-9(10)11/h2-3,5-6,12H,4,7-8H2,1H3. The van der Waals surface area contributed by atoms with Gasteiger partial charge in [-0.2, -0.15) is 0 Å². The molecule has 1 rings (SSSR count). The number of halogens is 1. The van der Waals surface area contributed by atoms with Crippen LogP contribution in [0.5, 0.6) is 0 Å². The molecule has 0 aliphatic heterocycles. The first-order valence-electron chi connectivity index (χ1n) is 4.36. The molecular formula is C10H14FNS. The first kappa shape index (κ1) is 10.5. The van der Waals surface area contributed by atoms with Crippen molar-refractivity contribution in [2.24, 2.45) is 0 Å². The molecule has 0 aromatic heterocycles. The average molecular weight is 199 g/mol. The summed E-state index contributed by atoms with van der Waals surface area (Å²) >= 11 is 1.57. The number of nitrogens with one attached hydrogen (secondary N) is 1. The van der Waals surface area contributed by atoms with E-state index in [2.05, 4.69) is 5.32 Å². The van der Waals surface area contributed by atoms with Crippen molar-refractivity contribution >= 4 is 11.8 Å². The molecule has 0 aliphatic carbocycles. The highest BCUT2D eigenvalue weighted by atomic mass is 32.2. The Hall–Kier alpha value is -0.540. The summed E-state index contributed by atoms with van der Waals surface area (Å²) in [5.74, 6) is 0.846.